The molecule has 1 aromatic carbocycles. The second kappa shape index (κ2) is 7.89. The van der Waals surface area contributed by atoms with E-state index < -0.39 is 17.8 Å². The third-order valence-electron chi connectivity index (χ3n) is 2.28. The Hall–Kier alpha value is -1.33. The van der Waals surface area contributed by atoms with Crippen molar-refractivity contribution in [2.45, 2.75) is 19.4 Å². The standard InChI is InChI=1S/C12H16FNO3.ClH/c1-3-17-12(15)7-10(14)9-6-8(13)4-5-11(9)16-2;/h4-6,10H,3,7,14H2,1-2H3;1H/t10-;/m0./s1. The highest BCUT2D eigenvalue weighted by atomic mass is 35.5. The third kappa shape index (κ3) is 4.50. The fourth-order valence-corrected chi connectivity index (χ4v) is 1.50. The van der Waals surface area contributed by atoms with Crippen LogP contribution >= 0.6 is 12.4 Å². The van der Waals surface area contributed by atoms with Crippen molar-refractivity contribution in [1.82, 2.24) is 0 Å². The fraction of sp³-hybridized carbons (Fsp3) is 0.417. The molecule has 2 N–H and O–H groups in total. The van der Waals surface area contributed by atoms with Gasteiger partial charge in [-0.05, 0) is 25.1 Å². The van der Waals surface area contributed by atoms with Crippen molar-refractivity contribution in [2.24, 2.45) is 5.73 Å². The molecule has 0 unspecified atom stereocenters. The Morgan fingerprint density at radius 2 is 2.17 bits per heavy atom. The van der Waals surface area contributed by atoms with Gasteiger partial charge in [0.05, 0.1) is 20.1 Å². The second-order valence-corrected chi connectivity index (χ2v) is 3.50. The predicted octanol–water partition coefficient (Wildman–Crippen LogP) is 2.21. The lowest BCUT2D eigenvalue weighted by atomic mass is 10.0. The first-order chi connectivity index (χ1) is 8.08. The van der Waals surface area contributed by atoms with Crippen LogP contribution in [-0.4, -0.2) is 19.7 Å². The van der Waals surface area contributed by atoms with Gasteiger partial charge in [0.25, 0.3) is 0 Å². The van der Waals surface area contributed by atoms with Gasteiger partial charge in [-0.15, -0.1) is 12.4 Å². The summed E-state index contributed by atoms with van der Waals surface area (Å²) >= 11 is 0. The Balaban J connectivity index is 0.00000289. The molecule has 0 saturated heterocycles. The molecule has 0 aliphatic heterocycles. The van der Waals surface area contributed by atoms with Gasteiger partial charge in [0.15, 0.2) is 0 Å². The van der Waals surface area contributed by atoms with Crippen LogP contribution < -0.4 is 10.5 Å². The van der Waals surface area contributed by atoms with E-state index in [0.29, 0.717) is 17.9 Å². The Morgan fingerprint density at radius 1 is 1.50 bits per heavy atom. The van der Waals surface area contributed by atoms with Gasteiger partial charge in [0, 0.05) is 11.6 Å². The number of carbonyl (C=O) groups excluding carboxylic acids is 1. The van der Waals surface area contributed by atoms with Gasteiger partial charge in [0.2, 0.25) is 0 Å². The van der Waals surface area contributed by atoms with Crippen LogP contribution in [0.3, 0.4) is 0 Å². The first-order valence-corrected chi connectivity index (χ1v) is 5.33. The summed E-state index contributed by atoms with van der Waals surface area (Å²) in [6.07, 6.45) is -0.00630. The average Bonchev–Trinajstić information content (AvgIpc) is 2.29. The Kier molecular flexibility index (Phi) is 7.31. The van der Waals surface area contributed by atoms with E-state index in [-0.39, 0.29) is 18.8 Å². The number of benzene rings is 1. The summed E-state index contributed by atoms with van der Waals surface area (Å²) in [5.74, 6) is -0.366. The van der Waals surface area contributed by atoms with Crippen molar-refractivity contribution < 1.29 is 18.7 Å². The molecule has 6 heteroatoms. The Morgan fingerprint density at radius 3 is 2.72 bits per heavy atom. The topological polar surface area (TPSA) is 61.5 Å². The van der Waals surface area contributed by atoms with Crippen molar-refractivity contribution in [3.8, 4) is 5.75 Å². The predicted molar refractivity (Wildman–Crippen MR) is 68.4 cm³/mol. The number of methoxy groups -OCH3 is 1. The van der Waals surface area contributed by atoms with Crippen LogP contribution in [-0.2, 0) is 9.53 Å². The Labute approximate surface area is 112 Å². The van der Waals surface area contributed by atoms with Gasteiger partial charge in [-0.1, -0.05) is 0 Å². The number of halogens is 2. The SMILES string of the molecule is CCOC(=O)C[C@H](N)c1cc(F)ccc1OC.Cl. The van der Waals surface area contributed by atoms with Crippen LogP contribution in [0.2, 0.25) is 0 Å². The quantitative estimate of drug-likeness (QED) is 0.838. The fourth-order valence-electron chi connectivity index (χ4n) is 1.50. The van der Waals surface area contributed by atoms with Crippen molar-refractivity contribution >= 4 is 18.4 Å². The van der Waals surface area contributed by atoms with E-state index in [4.69, 9.17) is 15.2 Å². The summed E-state index contributed by atoms with van der Waals surface area (Å²) < 4.78 is 23.0. The van der Waals surface area contributed by atoms with Crippen LogP contribution in [0, 0.1) is 5.82 Å². The molecule has 102 valence electrons. The molecule has 0 bridgehead atoms. The highest BCUT2D eigenvalue weighted by Crippen LogP contribution is 2.26. The lowest BCUT2D eigenvalue weighted by Crippen LogP contribution is -2.18. The van der Waals surface area contributed by atoms with Crippen LogP contribution in [0.5, 0.6) is 5.75 Å². The van der Waals surface area contributed by atoms with E-state index in [1.165, 1.54) is 25.3 Å². The molecular weight excluding hydrogens is 261 g/mol. The molecular formula is C12H17ClFNO3. The molecule has 0 aromatic heterocycles. The number of hydrogen-bond donors (Lipinski definition) is 1. The monoisotopic (exact) mass is 277 g/mol. The number of hydrogen-bond acceptors (Lipinski definition) is 4. The molecule has 1 rings (SSSR count). The van der Waals surface area contributed by atoms with Crippen molar-refractivity contribution in [3.05, 3.63) is 29.6 Å². The summed E-state index contributed by atoms with van der Waals surface area (Å²) in [7, 11) is 1.47. The lowest BCUT2D eigenvalue weighted by Gasteiger charge is -2.15. The van der Waals surface area contributed by atoms with E-state index in [1.807, 2.05) is 0 Å². The zero-order valence-electron chi connectivity index (χ0n) is 10.3. The first-order valence-electron chi connectivity index (χ1n) is 5.33. The summed E-state index contributed by atoms with van der Waals surface area (Å²) in [6, 6.07) is 3.39. The zero-order valence-corrected chi connectivity index (χ0v) is 11.1. The molecule has 1 atom stereocenters. The molecule has 0 aliphatic carbocycles. The molecule has 0 spiro atoms. The van der Waals surface area contributed by atoms with Crippen LogP contribution in [0.15, 0.2) is 18.2 Å². The number of ether oxygens (including phenoxy) is 2. The largest absolute Gasteiger partial charge is 0.496 e. The first kappa shape index (κ1) is 16.7. The zero-order chi connectivity index (χ0) is 12.8. The number of carbonyl (C=O) groups is 1. The van der Waals surface area contributed by atoms with Crippen LogP contribution in [0.25, 0.3) is 0 Å². The highest BCUT2D eigenvalue weighted by Gasteiger charge is 2.17. The summed E-state index contributed by atoms with van der Waals surface area (Å²) in [5, 5.41) is 0. The molecule has 0 amide bonds. The summed E-state index contributed by atoms with van der Waals surface area (Å²) in [5.41, 5.74) is 6.28. The van der Waals surface area contributed by atoms with Crippen LogP contribution in [0.4, 0.5) is 4.39 Å². The molecule has 0 aliphatic rings. The lowest BCUT2D eigenvalue weighted by molar-refractivity contribution is -0.143. The summed E-state index contributed by atoms with van der Waals surface area (Å²) in [6.45, 7) is 2.01. The molecule has 0 fully saturated rings. The Bertz CT molecular complexity index is 401. The smallest absolute Gasteiger partial charge is 0.307 e. The van der Waals surface area contributed by atoms with E-state index >= 15 is 0 Å². The van der Waals surface area contributed by atoms with Crippen molar-refractivity contribution in [3.63, 3.8) is 0 Å². The average molecular weight is 278 g/mol. The summed E-state index contributed by atoms with van der Waals surface area (Å²) in [4.78, 5) is 11.3. The van der Waals surface area contributed by atoms with Gasteiger partial charge in [-0.3, -0.25) is 4.79 Å². The normalized spacial score (nSPS) is 11.3. The molecule has 0 heterocycles. The van der Waals surface area contributed by atoms with Crippen LogP contribution in [0.1, 0.15) is 24.9 Å². The minimum atomic E-state index is -0.639. The van der Waals surface area contributed by atoms with Gasteiger partial charge in [0.1, 0.15) is 11.6 Å². The van der Waals surface area contributed by atoms with Crippen molar-refractivity contribution in [1.29, 1.82) is 0 Å². The van der Waals surface area contributed by atoms with E-state index in [1.54, 1.807) is 6.92 Å². The van der Waals surface area contributed by atoms with Gasteiger partial charge < -0.3 is 15.2 Å². The molecule has 4 nitrogen and oxygen atoms in total. The van der Waals surface area contributed by atoms with Gasteiger partial charge >= 0.3 is 5.97 Å². The van der Waals surface area contributed by atoms with Gasteiger partial charge in [-0.25, -0.2) is 4.39 Å². The highest BCUT2D eigenvalue weighted by molar-refractivity contribution is 5.85. The second-order valence-electron chi connectivity index (χ2n) is 3.50. The van der Waals surface area contributed by atoms with Gasteiger partial charge in [-0.2, -0.15) is 0 Å². The molecule has 1 aromatic rings. The molecule has 18 heavy (non-hydrogen) atoms. The maximum absolute atomic E-state index is 13.1. The maximum Gasteiger partial charge on any atom is 0.307 e. The minimum absolute atomic E-state index is 0. The maximum atomic E-state index is 13.1. The number of rotatable bonds is 5. The molecule has 0 radical (unpaired) electrons. The third-order valence-corrected chi connectivity index (χ3v) is 2.28. The molecule has 0 saturated carbocycles. The number of esters is 1. The van der Waals surface area contributed by atoms with E-state index in [2.05, 4.69) is 0 Å². The minimum Gasteiger partial charge on any atom is -0.496 e. The van der Waals surface area contributed by atoms with E-state index in [9.17, 15) is 9.18 Å². The number of nitrogens with two attached hydrogens (primary N) is 1. The van der Waals surface area contributed by atoms with Crippen molar-refractivity contribution in [2.75, 3.05) is 13.7 Å². The van der Waals surface area contributed by atoms with E-state index in [0.717, 1.165) is 0 Å².